The molecule has 0 aliphatic carbocycles. The minimum Gasteiger partial charge on any atom is -0.479 e. The molecule has 1 aliphatic rings. The van der Waals surface area contributed by atoms with Crippen molar-refractivity contribution in [3.63, 3.8) is 0 Å². The van der Waals surface area contributed by atoms with E-state index in [1.165, 1.54) is 17.1 Å². The molecule has 2 N–H and O–H groups in total. The molecular formula is C30H24N4O5. The molecule has 3 aromatic rings. The first-order chi connectivity index (χ1) is 19.0. The van der Waals surface area contributed by atoms with Crippen LogP contribution in [0.3, 0.4) is 0 Å². The normalized spacial score (nSPS) is 13.2. The quantitative estimate of drug-likeness (QED) is 0.229. The van der Waals surface area contributed by atoms with Crippen molar-refractivity contribution < 1.29 is 23.9 Å². The molecule has 9 heteroatoms. The molecule has 0 bridgehead atoms. The molecular weight excluding hydrogens is 496 g/mol. The summed E-state index contributed by atoms with van der Waals surface area (Å²) in [6, 6.07) is 20.4. The third-order valence-corrected chi connectivity index (χ3v) is 5.43. The van der Waals surface area contributed by atoms with Crippen LogP contribution >= 0.6 is 0 Å². The van der Waals surface area contributed by atoms with E-state index in [9.17, 15) is 9.59 Å². The molecule has 1 aliphatic heterocycles. The van der Waals surface area contributed by atoms with E-state index in [0.717, 1.165) is 0 Å². The number of nitrogens with one attached hydrogen (secondary N) is 2. The first-order valence-electron chi connectivity index (χ1n) is 11.8. The maximum absolute atomic E-state index is 13.1. The first kappa shape index (κ1) is 26.4. The van der Waals surface area contributed by atoms with Gasteiger partial charge in [-0.15, -0.1) is 12.8 Å². The molecule has 0 unspecified atom stereocenters. The summed E-state index contributed by atoms with van der Waals surface area (Å²) in [4.78, 5) is 30.8. The summed E-state index contributed by atoms with van der Waals surface area (Å²) in [5.41, 5.74) is 5.34. The van der Waals surface area contributed by atoms with Gasteiger partial charge in [-0.2, -0.15) is 10.1 Å². The molecule has 0 saturated heterocycles. The SMILES string of the molecule is C#CCOc1ccccc1NC=C1C(=O)N(c2ccc(C(=O)ONc3ccccc3OCC#C)cc2)N=C1C. The maximum Gasteiger partial charge on any atom is 0.362 e. The summed E-state index contributed by atoms with van der Waals surface area (Å²) >= 11 is 0. The number of hydrazone groups is 1. The van der Waals surface area contributed by atoms with Crippen LogP contribution in [0.25, 0.3) is 0 Å². The van der Waals surface area contributed by atoms with Gasteiger partial charge in [-0.05, 0) is 55.5 Å². The molecule has 0 saturated carbocycles. The number of rotatable bonds is 10. The number of hydrogen-bond acceptors (Lipinski definition) is 8. The molecule has 1 amide bonds. The summed E-state index contributed by atoms with van der Waals surface area (Å²) in [7, 11) is 0. The van der Waals surface area contributed by atoms with Gasteiger partial charge in [-0.1, -0.05) is 36.1 Å². The van der Waals surface area contributed by atoms with Gasteiger partial charge in [-0.3, -0.25) is 4.79 Å². The number of carbonyl (C=O) groups excluding carboxylic acids is 2. The standard InChI is InChI=1S/C30H24N4O5/c1-4-18-37-27-12-8-6-10-25(27)31-20-24-21(3)32-34(29(24)35)23-16-14-22(15-17-23)30(36)39-33-26-11-7-9-13-28(26)38-19-5-2/h1-2,6-17,20,31,33H,18-19H2,3H3. The van der Waals surface area contributed by atoms with Gasteiger partial charge in [0, 0.05) is 6.20 Å². The first-order valence-corrected chi connectivity index (χ1v) is 11.8. The predicted molar refractivity (Wildman–Crippen MR) is 149 cm³/mol. The van der Waals surface area contributed by atoms with Crippen molar-refractivity contribution in [2.45, 2.75) is 6.92 Å². The Hall–Kier alpha value is -5.67. The number of anilines is 3. The lowest BCUT2D eigenvalue weighted by molar-refractivity contribution is -0.114. The fraction of sp³-hybridized carbons (Fsp3) is 0.100. The van der Waals surface area contributed by atoms with Crippen molar-refractivity contribution in [1.82, 2.24) is 0 Å². The maximum atomic E-state index is 13.1. The van der Waals surface area contributed by atoms with Gasteiger partial charge in [0.15, 0.2) is 0 Å². The van der Waals surface area contributed by atoms with E-state index in [0.29, 0.717) is 39.8 Å². The number of nitrogens with zero attached hydrogens (tertiary/aromatic N) is 2. The van der Waals surface area contributed by atoms with E-state index in [2.05, 4.69) is 27.7 Å². The van der Waals surface area contributed by atoms with Crippen LogP contribution in [0.1, 0.15) is 17.3 Å². The lowest BCUT2D eigenvalue weighted by Gasteiger charge is -2.13. The van der Waals surface area contributed by atoms with Crippen LogP contribution in [0.15, 0.2) is 89.7 Å². The molecule has 3 aromatic carbocycles. The van der Waals surface area contributed by atoms with Gasteiger partial charge in [0.2, 0.25) is 0 Å². The molecule has 194 valence electrons. The topological polar surface area (TPSA) is 101 Å². The average molecular weight is 521 g/mol. The Kier molecular flexibility index (Phi) is 8.48. The number of para-hydroxylation sites is 4. The van der Waals surface area contributed by atoms with Crippen LogP contribution < -0.4 is 25.3 Å². The van der Waals surface area contributed by atoms with E-state index < -0.39 is 5.97 Å². The highest BCUT2D eigenvalue weighted by molar-refractivity contribution is 6.29. The monoisotopic (exact) mass is 520 g/mol. The Labute approximate surface area is 226 Å². The largest absolute Gasteiger partial charge is 0.479 e. The number of terminal acetylenes is 2. The molecule has 9 nitrogen and oxygen atoms in total. The zero-order chi connectivity index (χ0) is 27.6. The lowest BCUT2D eigenvalue weighted by atomic mass is 10.1. The molecule has 1 heterocycles. The van der Waals surface area contributed by atoms with E-state index >= 15 is 0 Å². The Morgan fingerprint density at radius 2 is 1.51 bits per heavy atom. The number of amides is 1. The molecule has 0 atom stereocenters. The van der Waals surface area contributed by atoms with Crippen LogP contribution in [-0.2, 0) is 9.63 Å². The summed E-state index contributed by atoms with van der Waals surface area (Å²) < 4.78 is 11.0. The second-order valence-corrected chi connectivity index (χ2v) is 8.02. The fourth-order valence-electron chi connectivity index (χ4n) is 3.54. The van der Waals surface area contributed by atoms with Gasteiger partial charge in [0.05, 0.1) is 28.2 Å². The van der Waals surface area contributed by atoms with Gasteiger partial charge in [0.1, 0.15) is 30.4 Å². The fourth-order valence-corrected chi connectivity index (χ4v) is 3.54. The Morgan fingerprint density at radius 1 is 0.923 bits per heavy atom. The van der Waals surface area contributed by atoms with Crippen LogP contribution in [0, 0.1) is 24.7 Å². The van der Waals surface area contributed by atoms with E-state index in [-0.39, 0.29) is 24.7 Å². The highest BCUT2D eigenvalue weighted by atomic mass is 16.7. The third-order valence-electron chi connectivity index (χ3n) is 5.43. The Morgan fingerprint density at radius 3 is 2.15 bits per heavy atom. The highest BCUT2D eigenvalue weighted by Crippen LogP contribution is 2.27. The van der Waals surface area contributed by atoms with Crippen molar-refractivity contribution in [2.75, 3.05) is 29.0 Å². The van der Waals surface area contributed by atoms with Crippen LogP contribution in [0.2, 0.25) is 0 Å². The van der Waals surface area contributed by atoms with Gasteiger partial charge in [-0.25, -0.2) is 10.3 Å². The van der Waals surface area contributed by atoms with Gasteiger partial charge >= 0.3 is 5.97 Å². The van der Waals surface area contributed by atoms with Crippen molar-refractivity contribution in [2.24, 2.45) is 5.10 Å². The molecule has 39 heavy (non-hydrogen) atoms. The molecule has 0 fully saturated rings. The highest BCUT2D eigenvalue weighted by Gasteiger charge is 2.29. The molecule has 0 radical (unpaired) electrons. The zero-order valence-electron chi connectivity index (χ0n) is 21.0. The zero-order valence-corrected chi connectivity index (χ0v) is 21.0. The van der Waals surface area contributed by atoms with Gasteiger partial charge < -0.3 is 19.6 Å². The van der Waals surface area contributed by atoms with Gasteiger partial charge in [0.25, 0.3) is 5.91 Å². The Balaban J connectivity index is 1.40. The van der Waals surface area contributed by atoms with Crippen LogP contribution in [0.5, 0.6) is 11.5 Å². The number of benzene rings is 3. The number of ether oxygens (including phenoxy) is 2. The summed E-state index contributed by atoms with van der Waals surface area (Å²) in [5, 5.41) is 8.72. The second kappa shape index (κ2) is 12.5. The third kappa shape index (κ3) is 6.37. The summed E-state index contributed by atoms with van der Waals surface area (Å²) in [6.45, 7) is 1.93. The van der Waals surface area contributed by atoms with Crippen LogP contribution in [0.4, 0.5) is 17.1 Å². The minimum atomic E-state index is -0.628. The smallest absolute Gasteiger partial charge is 0.362 e. The Bertz CT molecular complexity index is 1510. The molecule has 4 rings (SSSR count). The van der Waals surface area contributed by atoms with E-state index in [1.807, 2.05) is 18.2 Å². The summed E-state index contributed by atoms with van der Waals surface area (Å²) in [6.07, 6.45) is 12.1. The number of hydrogen-bond donors (Lipinski definition) is 2. The lowest BCUT2D eigenvalue weighted by Crippen LogP contribution is -2.22. The van der Waals surface area contributed by atoms with Crippen molar-refractivity contribution >= 4 is 34.7 Å². The van der Waals surface area contributed by atoms with Crippen molar-refractivity contribution in [3.05, 3.63) is 90.1 Å². The second-order valence-electron chi connectivity index (χ2n) is 8.02. The van der Waals surface area contributed by atoms with Crippen molar-refractivity contribution in [3.8, 4) is 36.2 Å². The van der Waals surface area contributed by atoms with E-state index in [4.69, 9.17) is 27.2 Å². The summed E-state index contributed by atoms with van der Waals surface area (Å²) in [5.74, 6) is 4.85. The predicted octanol–water partition coefficient (Wildman–Crippen LogP) is 4.61. The minimum absolute atomic E-state index is 0.0759. The van der Waals surface area contributed by atoms with E-state index in [1.54, 1.807) is 55.6 Å². The average Bonchev–Trinajstić information content (AvgIpc) is 3.25. The molecule has 0 aromatic heterocycles. The van der Waals surface area contributed by atoms with Crippen molar-refractivity contribution in [1.29, 1.82) is 0 Å². The molecule has 0 spiro atoms. The number of carbonyl (C=O) groups is 2. The van der Waals surface area contributed by atoms with Crippen LogP contribution in [-0.4, -0.2) is 30.8 Å².